The number of nitrogens with one attached hydrogen (secondary N) is 1. The van der Waals surface area contributed by atoms with Crippen LogP contribution in [0.15, 0.2) is 53.0 Å². The van der Waals surface area contributed by atoms with Crippen LogP contribution in [0, 0.1) is 10.1 Å². The molecule has 0 saturated carbocycles. The molecule has 10 nitrogen and oxygen atoms in total. The molecule has 0 spiro atoms. The first-order valence-corrected chi connectivity index (χ1v) is 8.29. The molecule has 0 saturated heterocycles. The maximum atomic E-state index is 12.0. The fourth-order valence-corrected chi connectivity index (χ4v) is 2.37. The number of aromatic nitrogens is 1. The van der Waals surface area contributed by atoms with Gasteiger partial charge in [-0.05, 0) is 18.2 Å². The molecule has 1 amide bonds. The van der Waals surface area contributed by atoms with Crippen LogP contribution in [0.3, 0.4) is 0 Å². The van der Waals surface area contributed by atoms with Crippen molar-refractivity contribution in [2.24, 2.45) is 0 Å². The zero-order valence-corrected chi connectivity index (χ0v) is 15.2. The third kappa shape index (κ3) is 4.95. The van der Waals surface area contributed by atoms with Gasteiger partial charge >= 0.3 is 5.97 Å². The number of benzene rings is 2. The molecule has 148 valence electrons. The molecule has 0 aliphatic rings. The van der Waals surface area contributed by atoms with E-state index in [0.29, 0.717) is 11.1 Å². The summed E-state index contributed by atoms with van der Waals surface area (Å²) in [4.78, 5) is 38.1. The van der Waals surface area contributed by atoms with Crippen molar-refractivity contribution in [3.63, 3.8) is 0 Å². The number of ether oxygens (including phenoxy) is 2. The second kappa shape index (κ2) is 8.65. The lowest BCUT2D eigenvalue weighted by Gasteiger charge is -2.09. The minimum Gasteiger partial charge on any atom is -0.494 e. The number of carbonyl (C=O) groups excluding carboxylic acids is 2. The molecule has 0 fully saturated rings. The first kappa shape index (κ1) is 19.5. The molecule has 0 bridgehead atoms. The van der Waals surface area contributed by atoms with E-state index < -0.39 is 23.4 Å². The lowest BCUT2D eigenvalue weighted by atomic mass is 10.2. The van der Waals surface area contributed by atoms with Crippen molar-refractivity contribution in [1.29, 1.82) is 0 Å². The van der Waals surface area contributed by atoms with E-state index in [1.165, 1.54) is 31.4 Å². The van der Waals surface area contributed by atoms with Crippen molar-refractivity contribution in [3.8, 4) is 5.75 Å². The molecule has 3 aromatic rings. The molecule has 29 heavy (non-hydrogen) atoms. The van der Waals surface area contributed by atoms with Crippen molar-refractivity contribution in [2.45, 2.75) is 0 Å². The number of carbonyl (C=O) groups is 2. The van der Waals surface area contributed by atoms with Crippen molar-refractivity contribution >= 4 is 40.4 Å². The monoisotopic (exact) mass is 397 g/mol. The van der Waals surface area contributed by atoms with Crippen LogP contribution < -0.4 is 10.1 Å². The maximum absolute atomic E-state index is 12.0. The normalized spacial score (nSPS) is 10.8. The van der Waals surface area contributed by atoms with Crippen molar-refractivity contribution in [1.82, 2.24) is 4.98 Å². The van der Waals surface area contributed by atoms with Gasteiger partial charge in [-0.15, -0.1) is 0 Å². The van der Waals surface area contributed by atoms with E-state index in [2.05, 4.69) is 10.3 Å². The SMILES string of the molecule is COc1cc([N+](=O)[O-])ccc1NC(=O)COC(=O)/C=C/c1nc2ccccc2o1. The number of nitro benzene ring substituents is 1. The Balaban J connectivity index is 1.54. The predicted molar refractivity (Wildman–Crippen MR) is 102 cm³/mol. The van der Waals surface area contributed by atoms with E-state index in [-0.39, 0.29) is 23.0 Å². The number of esters is 1. The summed E-state index contributed by atoms with van der Waals surface area (Å²) in [6.07, 6.45) is 2.42. The second-order valence-electron chi connectivity index (χ2n) is 5.65. The number of hydrogen-bond acceptors (Lipinski definition) is 8. The Hall–Kier alpha value is -4.21. The molecule has 3 rings (SSSR count). The van der Waals surface area contributed by atoms with Gasteiger partial charge in [0.15, 0.2) is 12.2 Å². The Morgan fingerprint density at radius 3 is 2.79 bits per heavy atom. The van der Waals surface area contributed by atoms with Crippen LogP contribution in [0.5, 0.6) is 5.75 Å². The van der Waals surface area contributed by atoms with Crippen LogP contribution in [0.25, 0.3) is 17.2 Å². The predicted octanol–water partition coefficient (Wildman–Crippen LogP) is 2.94. The number of anilines is 1. The maximum Gasteiger partial charge on any atom is 0.331 e. The number of methoxy groups -OCH3 is 1. The zero-order valence-electron chi connectivity index (χ0n) is 15.2. The molecule has 0 atom stereocenters. The molecular weight excluding hydrogens is 382 g/mol. The fourth-order valence-electron chi connectivity index (χ4n) is 2.37. The molecule has 0 aliphatic carbocycles. The minimum atomic E-state index is -0.766. The van der Waals surface area contributed by atoms with Crippen molar-refractivity contribution in [3.05, 3.63) is 64.5 Å². The lowest BCUT2D eigenvalue weighted by Crippen LogP contribution is -2.20. The van der Waals surface area contributed by atoms with E-state index in [4.69, 9.17) is 13.9 Å². The Kier molecular flexibility index (Phi) is 5.83. The number of para-hydroxylation sites is 2. The van der Waals surface area contributed by atoms with Gasteiger partial charge in [0.2, 0.25) is 5.89 Å². The summed E-state index contributed by atoms with van der Waals surface area (Å²) in [7, 11) is 1.31. The molecule has 1 N–H and O–H groups in total. The topological polar surface area (TPSA) is 134 Å². The molecule has 10 heteroatoms. The molecule has 0 unspecified atom stereocenters. The molecular formula is C19H15N3O7. The summed E-state index contributed by atoms with van der Waals surface area (Å²) in [6, 6.07) is 10.8. The van der Waals surface area contributed by atoms with Gasteiger partial charge in [0, 0.05) is 18.2 Å². The van der Waals surface area contributed by atoms with Gasteiger partial charge in [-0.1, -0.05) is 12.1 Å². The van der Waals surface area contributed by atoms with Gasteiger partial charge in [0.05, 0.1) is 23.8 Å². The summed E-state index contributed by atoms with van der Waals surface area (Å²) in [5.74, 6) is -1.07. The Morgan fingerprint density at radius 2 is 2.07 bits per heavy atom. The highest BCUT2D eigenvalue weighted by atomic mass is 16.6. The van der Waals surface area contributed by atoms with Gasteiger partial charge in [-0.25, -0.2) is 9.78 Å². The highest BCUT2D eigenvalue weighted by Gasteiger charge is 2.14. The Labute approximate surface area is 163 Å². The number of oxazole rings is 1. The number of non-ortho nitro benzene ring substituents is 1. The van der Waals surface area contributed by atoms with Gasteiger partial charge in [-0.2, -0.15) is 0 Å². The summed E-state index contributed by atoms with van der Waals surface area (Å²) in [5, 5.41) is 13.2. The number of fused-ring (bicyclic) bond motifs is 1. The van der Waals surface area contributed by atoms with E-state index in [1.54, 1.807) is 18.2 Å². The largest absolute Gasteiger partial charge is 0.494 e. The average molecular weight is 397 g/mol. The highest BCUT2D eigenvalue weighted by Crippen LogP contribution is 2.28. The Bertz CT molecular complexity index is 1070. The molecule has 1 heterocycles. The van der Waals surface area contributed by atoms with Crippen LogP contribution in [0.4, 0.5) is 11.4 Å². The average Bonchev–Trinajstić information content (AvgIpc) is 3.14. The molecule has 0 aliphatic heterocycles. The highest BCUT2D eigenvalue weighted by molar-refractivity contribution is 5.95. The van der Waals surface area contributed by atoms with Gasteiger partial charge in [-0.3, -0.25) is 14.9 Å². The third-order valence-electron chi connectivity index (χ3n) is 3.69. The van der Waals surface area contributed by atoms with E-state index in [1.807, 2.05) is 6.07 Å². The van der Waals surface area contributed by atoms with Crippen molar-refractivity contribution < 1.29 is 28.4 Å². The molecule has 2 aromatic carbocycles. The summed E-state index contributed by atoms with van der Waals surface area (Å²) in [5.41, 5.74) is 1.26. The first-order chi connectivity index (χ1) is 14.0. The van der Waals surface area contributed by atoms with Gasteiger partial charge in [0.25, 0.3) is 11.6 Å². The van der Waals surface area contributed by atoms with Crippen LogP contribution in [0.2, 0.25) is 0 Å². The lowest BCUT2D eigenvalue weighted by molar-refractivity contribution is -0.384. The van der Waals surface area contributed by atoms with Crippen LogP contribution in [-0.2, 0) is 14.3 Å². The fraction of sp³-hybridized carbons (Fsp3) is 0.105. The van der Waals surface area contributed by atoms with Crippen LogP contribution in [0.1, 0.15) is 5.89 Å². The van der Waals surface area contributed by atoms with Gasteiger partial charge < -0.3 is 19.2 Å². The number of rotatable bonds is 7. The standard InChI is InChI=1S/C19H15N3O7/c1-27-16-10-12(22(25)26)6-7-14(16)20-17(23)11-28-19(24)9-8-18-21-13-4-2-3-5-15(13)29-18/h2-10H,11H2,1H3,(H,20,23)/b9-8+. The number of nitro groups is 1. The molecule has 1 aromatic heterocycles. The second-order valence-corrected chi connectivity index (χ2v) is 5.65. The first-order valence-electron chi connectivity index (χ1n) is 8.29. The van der Waals surface area contributed by atoms with E-state index in [0.717, 1.165) is 6.08 Å². The quantitative estimate of drug-likeness (QED) is 0.278. The smallest absolute Gasteiger partial charge is 0.331 e. The minimum absolute atomic E-state index is 0.106. The van der Waals surface area contributed by atoms with Crippen LogP contribution in [-0.4, -0.2) is 35.5 Å². The van der Waals surface area contributed by atoms with Gasteiger partial charge in [0.1, 0.15) is 11.3 Å². The zero-order chi connectivity index (χ0) is 20.8. The number of amides is 1. The third-order valence-corrected chi connectivity index (χ3v) is 3.69. The van der Waals surface area contributed by atoms with Crippen LogP contribution >= 0.6 is 0 Å². The summed E-state index contributed by atoms with van der Waals surface area (Å²) < 4.78 is 15.3. The number of hydrogen-bond donors (Lipinski definition) is 1. The van der Waals surface area contributed by atoms with Crippen molar-refractivity contribution in [2.75, 3.05) is 19.0 Å². The molecule has 0 radical (unpaired) electrons. The number of nitrogens with zero attached hydrogens (tertiary/aromatic N) is 2. The van der Waals surface area contributed by atoms with E-state index >= 15 is 0 Å². The summed E-state index contributed by atoms with van der Waals surface area (Å²) >= 11 is 0. The Morgan fingerprint density at radius 1 is 1.28 bits per heavy atom. The summed E-state index contributed by atoms with van der Waals surface area (Å²) in [6.45, 7) is -0.559. The van der Waals surface area contributed by atoms with E-state index in [9.17, 15) is 19.7 Å².